The third-order valence-corrected chi connectivity index (χ3v) is 2.91. The molecule has 0 aliphatic heterocycles. The van der Waals surface area contributed by atoms with Crippen LogP contribution in [0.15, 0.2) is 53.6 Å². The minimum atomic E-state index is -0.294. The maximum absolute atomic E-state index is 13.0. The van der Waals surface area contributed by atoms with Gasteiger partial charge in [0.25, 0.3) is 5.56 Å². The zero-order valence-electron chi connectivity index (χ0n) is 10.5. The first kappa shape index (κ1) is 12.3. The number of rotatable bonds is 3. The van der Waals surface area contributed by atoms with Crippen molar-refractivity contribution in [1.82, 2.24) is 9.97 Å². The fraction of sp³-hybridized carbons (Fsp3) is 0.0667. The second-order valence-corrected chi connectivity index (χ2v) is 4.33. The minimum Gasteiger partial charge on any atom is -0.489 e. The van der Waals surface area contributed by atoms with Crippen LogP contribution in [-0.4, -0.2) is 9.97 Å². The number of aromatic amines is 1. The van der Waals surface area contributed by atoms with Crippen molar-refractivity contribution >= 4 is 10.9 Å². The predicted molar refractivity (Wildman–Crippen MR) is 73.1 cm³/mol. The van der Waals surface area contributed by atoms with Crippen molar-refractivity contribution in [3.8, 4) is 5.75 Å². The lowest BCUT2D eigenvalue weighted by molar-refractivity contribution is 0.306. The molecule has 1 N–H and O–H groups in total. The van der Waals surface area contributed by atoms with Crippen molar-refractivity contribution in [3.63, 3.8) is 0 Å². The van der Waals surface area contributed by atoms with Crippen LogP contribution in [0, 0.1) is 5.82 Å². The normalized spacial score (nSPS) is 10.7. The van der Waals surface area contributed by atoms with Gasteiger partial charge in [-0.3, -0.25) is 4.79 Å². The van der Waals surface area contributed by atoms with Crippen molar-refractivity contribution < 1.29 is 9.13 Å². The molecule has 0 aliphatic rings. The summed E-state index contributed by atoms with van der Waals surface area (Å²) in [5.74, 6) is 0.290. The molecule has 0 fully saturated rings. The smallest absolute Gasteiger partial charge is 0.258 e. The summed E-state index contributed by atoms with van der Waals surface area (Å²) in [5.41, 5.74) is 1.11. The van der Waals surface area contributed by atoms with Crippen LogP contribution >= 0.6 is 0 Å². The third kappa shape index (κ3) is 2.51. The van der Waals surface area contributed by atoms with E-state index in [2.05, 4.69) is 9.97 Å². The van der Waals surface area contributed by atoms with Gasteiger partial charge in [-0.05, 0) is 29.8 Å². The van der Waals surface area contributed by atoms with Crippen LogP contribution < -0.4 is 10.3 Å². The summed E-state index contributed by atoms with van der Waals surface area (Å²) in [6, 6.07) is 11.3. The van der Waals surface area contributed by atoms with Crippen molar-refractivity contribution in [3.05, 3.63) is 70.5 Å². The molecule has 0 atom stereocenters. The van der Waals surface area contributed by atoms with Gasteiger partial charge in [-0.15, -0.1) is 0 Å². The molecule has 3 aromatic rings. The number of nitrogens with one attached hydrogen (secondary N) is 1. The number of benzene rings is 2. The van der Waals surface area contributed by atoms with Gasteiger partial charge >= 0.3 is 0 Å². The quantitative estimate of drug-likeness (QED) is 0.796. The van der Waals surface area contributed by atoms with E-state index in [1.165, 1.54) is 18.5 Å². The summed E-state index contributed by atoms with van der Waals surface area (Å²) in [5, 5.41) is 0.505. The van der Waals surface area contributed by atoms with E-state index in [0.717, 1.165) is 5.56 Å². The number of hydrogen-bond acceptors (Lipinski definition) is 3. The molecule has 0 radical (unpaired) electrons. The van der Waals surface area contributed by atoms with Crippen molar-refractivity contribution in [1.29, 1.82) is 0 Å². The van der Waals surface area contributed by atoms with Gasteiger partial charge < -0.3 is 9.72 Å². The minimum absolute atomic E-state index is 0.188. The van der Waals surface area contributed by atoms with E-state index in [9.17, 15) is 9.18 Å². The Morgan fingerprint density at radius 2 is 2.10 bits per heavy atom. The van der Waals surface area contributed by atoms with Crippen molar-refractivity contribution in [2.24, 2.45) is 0 Å². The molecular formula is C15H11FN2O2. The number of halogens is 1. The Labute approximate surface area is 113 Å². The van der Waals surface area contributed by atoms with Gasteiger partial charge in [0.05, 0.1) is 17.2 Å². The van der Waals surface area contributed by atoms with Gasteiger partial charge in [0, 0.05) is 6.07 Å². The molecule has 1 aromatic heterocycles. The van der Waals surface area contributed by atoms with Gasteiger partial charge in [-0.25, -0.2) is 9.37 Å². The maximum atomic E-state index is 13.0. The molecule has 5 heteroatoms. The van der Waals surface area contributed by atoms with Gasteiger partial charge in [0.1, 0.15) is 18.2 Å². The number of nitrogens with zero attached hydrogens (tertiary/aromatic N) is 1. The highest BCUT2D eigenvalue weighted by atomic mass is 19.1. The van der Waals surface area contributed by atoms with Crippen LogP contribution in [0.25, 0.3) is 10.9 Å². The van der Waals surface area contributed by atoms with E-state index in [4.69, 9.17) is 4.74 Å². The Morgan fingerprint density at radius 3 is 2.95 bits per heavy atom. The van der Waals surface area contributed by atoms with Crippen LogP contribution in [-0.2, 0) is 6.61 Å². The number of fused-ring (bicyclic) bond motifs is 1. The third-order valence-electron chi connectivity index (χ3n) is 2.91. The first-order valence-corrected chi connectivity index (χ1v) is 6.07. The summed E-state index contributed by atoms with van der Waals surface area (Å²) in [4.78, 5) is 18.1. The highest BCUT2D eigenvalue weighted by Gasteiger charge is 2.02. The SMILES string of the molecule is O=c1[nH]cnc2cc(OCc3cccc(F)c3)ccc12. The molecule has 0 aliphatic carbocycles. The van der Waals surface area contributed by atoms with E-state index in [-0.39, 0.29) is 18.0 Å². The summed E-state index contributed by atoms with van der Waals surface area (Å²) < 4.78 is 18.6. The van der Waals surface area contributed by atoms with Crippen LogP contribution in [0.2, 0.25) is 0 Å². The summed E-state index contributed by atoms with van der Waals surface area (Å²) >= 11 is 0. The molecule has 0 saturated heterocycles. The molecule has 100 valence electrons. The van der Waals surface area contributed by atoms with Crippen molar-refractivity contribution in [2.75, 3.05) is 0 Å². The average Bonchev–Trinajstić information content (AvgIpc) is 2.45. The summed E-state index contributed by atoms with van der Waals surface area (Å²) in [6.07, 6.45) is 1.35. The Kier molecular flexibility index (Phi) is 3.16. The molecular weight excluding hydrogens is 259 g/mol. The Balaban J connectivity index is 1.83. The van der Waals surface area contributed by atoms with Gasteiger partial charge in [-0.2, -0.15) is 0 Å². The zero-order valence-corrected chi connectivity index (χ0v) is 10.5. The Morgan fingerprint density at radius 1 is 1.20 bits per heavy atom. The van der Waals surface area contributed by atoms with Crippen LogP contribution in [0.1, 0.15) is 5.56 Å². The van der Waals surface area contributed by atoms with Gasteiger partial charge in [-0.1, -0.05) is 12.1 Å². The zero-order chi connectivity index (χ0) is 13.9. The molecule has 0 unspecified atom stereocenters. The second kappa shape index (κ2) is 5.13. The van der Waals surface area contributed by atoms with E-state index < -0.39 is 0 Å². The molecule has 4 nitrogen and oxygen atoms in total. The maximum Gasteiger partial charge on any atom is 0.258 e. The lowest BCUT2D eigenvalue weighted by Crippen LogP contribution is -2.06. The highest BCUT2D eigenvalue weighted by Crippen LogP contribution is 2.17. The van der Waals surface area contributed by atoms with Crippen LogP contribution in [0.5, 0.6) is 5.75 Å². The number of aromatic nitrogens is 2. The van der Waals surface area contributed by atoms with E-state index in [1.54, 1.807) is 30.3 Å². The lowest BCUT2D eigenvalue weighted by Gasteiger charge is -2.07. The molecule has 20 heavy (non-hydrogen) atoms. The first-order valence-electron chi connectivity index (χ1n) is 6.07. The second-order valence-electron chi connectivity index (χ2n) is 4.33. The van der Waals surface area contributed by atoms with E-state index in [0.29, 0.717) is 16.7 Å². The number of ether oxygens (including phenoxy) is 1. The number of hydrogen-bond donors (Lipinski definition) is 1. The fourth-order valence-corrected chi connectivity index (χ4v) is 1.93. The van der Waals surface area contributed by atoms with Gasteiger partial charge in [0.2, 0.25) is 0 Å². The molecule has 1 heterocycles. The molecule has 3 rings (SSSR count). The largest absolute Gasteiger partial charge is 0.489 e. The molecule has 2 aromatic carbocycles. The Hall–Kier alpha value is -2.69. The molecule has 0 saturated carbocycles. The fourth-order valence-electron chi connectivity index (χ4n) is 1.93. The molecule has 0 amide bonds. The number of H-pyrrole nitrogens is 1. The predicted octanol–water partition coefficient (Wildman–Crippen LogP) is 2.64. The van der Waals surface area contributed by atoms with E-state index in [1.807, 2.05) is 0 Å². The summed E-state index contributed by atoms with van der Waals surface area (Å²) in [7, 11) is 0. The topological polar surface area (TPSA) is 55.0 Å². The van der Waals surface area contributed by atoms with Crippen LogP contribution in [0.3, 0.4) is 0 Å². The van der Waals surface area contributed by atoms with E-state index >= 15 is 0 Å². The standard InChI is InChI=1S/C15H11FN2O2/c16-11-3-1-2-10(6-11)8-20-12-4-5-13-14(7-12)17-9-18-15(13)19/h1-7,9H,8H2,(H,17,18,19). The molecule has 0 spiro atoms. The lowest BCUT2D eigenvalue weighted by atomic mass is 10.2. The average molecular weight is 270 g/mol. The van der Waals surface area contributed by atoms with Gasteiger partial charge in [0.15, 0.2) is 0 Å². The monoisotopic (exact) mass is 270 g/mol. The summed E-state index contributed by atoms with van der Waals surface area (Å²) in [6.45, 7) is 0.256. The molecule has 0 bridgehead atoms. The first-order chi connectivity index (χ1) is 9.72. The van der Waals surface area contributed by atoms with Crippen molar-refractivity contribution in [2.45, 2.75) is 6.61 Å². The highest BCUT2D eigenvalue weighted by molar-refractivity contribution is 5.78. The Bertz CT molecular complexity index is 814. The van der Waals surface area contributed by atoms with Crippen LogP contribution in [0.4, 0.5) is 4.39 Å².